The molecule has 12 heteroatoms. The summed E-state index contributed by atoms with van der Waals surface area (Å²) in [7, 11) is 0. The van der Waals surface area contributed by atoms with Crippen LogP contribution in [-0.4, -0.2) is 37.1 Å². The van der Waals surface area contributed by atoms with E-state index in [9.17, 15) is 31.1 Å². The van der Waals surface area contributed by atoms with Gasteiger partial charge in [-0.3, -0.25) is 4.79 Å². The highest BCUT2D eigenvalue weighted by molar-refractivity contribution is 6.27. The first-order valence-electron chi connectivity index (χ1n) is 14.0. The first-order valence-corrected chi connectivity index (χ1v) is 14.5. The van der Waals surface area contributed by atoms with Gasteiger partial charge < -0.3 is 20.1 Å². The molecule has 1 fully saturated rings. The number of hydrogen-bond acceptors (Lipinski definition) is 4. The number of carbonyl (C=O) groups is 1. The Kier molecular flexibility index (Phi) is 10.7. The third kappa shape index (κ3) is 8.53. The highest BCUT2D eigenvalue weighted by atomic mass is 35.5. The molecule has 4 rings (SSSR count). The van der Waals surface area contributed by atoms with Crippen LogP contribution in [0.15, 0.2) is 78.9 Å². The molecular formula is C32H33ClF6N2O3. The van der Waals surface area contributed by atoms with Crippen molar-refractivity contribution in [3.8, 4) is 0 Å². The van der Waals surface area contributed by atoms with Gasteiger partial charge in [-0.05, 0) is 54.7 Å². The van der Waals surface area contributed by atoms with Crippen LogP contribution < -0.4 is 10.6 Å². The van der Waals surface area contributed by atoms with E-state index in [-0.39, 0.29) is 43.2 Å². The summed E-state index contributed by atoms with van der Waals surface area (Å²) in [6.45, 7) is 2.07. The van der Waals surface area contributed by atoms with Crippen LogP contribution in [0, 0.1) is 0 Å². The Morgan fingerprint density at radius 2 is 1.50 bits per heavy atom. The number of hydrogen-bond donors (Lipinski definition) is 2. The molecule has 0 saturated carbocycles. The van der Waals surface area contributed by atoms with Gasteiger partial charge in [-0.15, -0.1) is 11.6 Å². The van der Waals surface area contributed by atoms with Crippen molar-refractivity contribution in [2.45, 2.75) is 55.9 Å². The number of benzene rings is 3. The lowest BCUT2D eigenvalue weighted by molar-refractivity contribution is -0.143. The van der Waals surface area contributed by atoms with E-state index in [1.165, 1.54) is 6.92 Å². The SMILES string of the molecule is C[C@@H](OC[C@@]1(c2ccccc2)CC[C@](COCc2ccccc2)(NC(=O)CCl)CN1)c1cc(C(F)(F)F)cc(C(F)(F)F)c1. The topological polar surface area (TPSA) is 59.6 Å². The highest BCUT2D eigenvalue weighted by Gasteiger charge is 2.45. The lowest BCUT2D eigenvalue weighted by atomic mass is 9.76. The van der Waals surface area contributed by atoms with Gasteiger partial charge in [0.05, 0.1) is 48.1 Å². The van der Waals surface area contributed by atoms with E-state index >= 15 is 0 Å². The van der Waals surface area contributed by atoms with Crippen molar-refractivity contribution >= 4 is 17.5 Å². The van der Waals surface area contributed by atoms with Crippen LogP contribution in [-0.2, 0) is 38.8 Å². The molecule has 1 aliphatic rings. The zero-order valence-corrected chi connectivity index (χ0v) is 24.7. The fraction of sp³-hybridized carbons (Fsp3) is 0.406. The quantitative estimate of drug-likeness (QED) is 0.169. The Morgan fingerprint density at radius 1 is 0.909 bits per heavy atom. The smallest absolute Gasteiger partial charge is 0.374 e. The Morgan fingerprint density at radius 3 is 2.02 bits per heavy atom. The van der Waals surface area contributed by atoms with Crippen molar-refractivity contribution in [1.29, 1.82) is 0 Å². The molecule has 0 radical (unpaired) electrons. The number of piperidine rings is 1. The number of amides is 1. The van der Waals surface area contributed by atoms with E-state index in [0.29, 0.717) is 31.6 Å². The summed E-state index contributed by atoms with van der Waals surface area (Å²) in [5, 5.41) is 6.45. The van der Waals surface area contributed by atoms with Crippen LogP contribution in [0.5, 0.6) is 0 Å². The van der Waals surface area contributed by atoms with Crippen molar-refractivity contribution < 1.29 is 40.6 Å². The number of alkyl halides is 7. The summed E-state index contributed by atoms with van der Waals surface area (Å²) in [5.74, 6) is -0.624. The number of ether oxygens (including phenoxy) is 2. The van der Waals surface area contributed by atoms with Crippen LogP contribution in [0.2, 0.25) is 0 Å². The van der Waals surface area contributed by atoms with Gasteiger partial charge in [-0.1, -0.05) is 60.7 Å². The monoisotopic (exact) mass is 642 g/mol. The summed E-state index contributed by atoms with van der Waals surface area (Å²) in [6.07, 6.45) is -10.2. The summed E-state index contributed by atoms with van der Waals surface area (Å²) in [4.78, 5) is 12.4. The first kappa shape index (κ1) is 33.8. The second kappa shape index (κ2) is 13.9. The summed E-state index contributed by atoms with van der Waals surface area (Å²) in [5.41, 5.74) is -2.96. The zero-order chi connectivity index (χ0) is 32.0. The normalized spacial score (nSPS) is 21.5. The van der Waals surface area contributed by atoms with E-state index in [1.807, 2.05) is 60.7 Å². The molecule has 1 heterocycles. The van der Waals surface area contributed by atoms with Crippen LogP contribution in [0.1, 0.15) is 53.7 Å². The molecule has 1 aliphatic heterocycles. The Bertz CT molecular complexity index is 1350. The van der Waals surface area contributed by atoms with Gasteiger partial charge in [0.25, 0.3) is 0 Å². The molecule has 0 bridgehead atoms. The van der Waals surface area contributed by atoms with Crippen molar-refractivity contribution in [1.82, 2.24) is 10.6 Å². The second-order valence-electron chi connectivity index (χ2n) is 11.0. The van der Waals surface area contributed by atoms with Crippen molar-refractivity contribution in [2.75, 3.05) is 25.6 Å². The van der Waals surface area contributed by atoms with Crippen molar-refractivity contribution in [3.05, 3.63) is 107 Å². The molecule has 3 aromatic carbocycles. The van der Waals surface area contributed by atoms with Crippen LogP contribution in [0.3, 0.4) is 0 Å². The molecule has 2 N–H and O–H groups in total. The van der Waals surface area contributed by atoms with Gasteiger partial charge in [0.1, 0.15) is 5.88 Å². The average molecular weight is 643 g/mol. The van der Waals surface area contributed by atoms with E-state index in [4.69, 9.17) is 21.1 Å². The second-order valence-corrected chi connectivity index (χ2v) is 11.3. The standard InChI is InChI=1S/C32H33ClF6N2O3/c1-22(24-14-26(31(34,35)36)16-27(15-24)32(37,38)39)44-21-30(25-10-6-3-7-11-25)13-12-29(19-40-30,41-28(42)17-33)20-43-18-23-8-4-2-5-9-23/h2-11,14-16,22,40H,12-13,17-21H2,1H3,(H,41,42)/t22-,29+,30-/m1/s1. The molecular weight excluding hydrogens is 610 g/mol. The molecule has 44 heavy (non-hydrogen) atoms. The van der Waals surface area contributed by atoms with E-state index < -0.39 is 40.7 Å². The third-order valence-electron chi connectivity index (χ3n) is 7.80. The molecule has 1 saturated heterocycles. The van der Waals surface area contributed by atoms with Gasteiger partial charge >= 0.3 is 12.4 Å². The van der Waals surface area contributed by atoms with Gasteiger partial charge in [0, 0.05) is 6.54 Å². The number of rotatable bonds is 11. The largest absolute Gasteiger partial charge is 0.416 e. The zero-order valence-electron chi connectivity index (χ0n) is 23.9. The maximum absolute atomic E-state index is 13.5. The predicted octanol–water partition coefficient (Wildman–Crippen LogP) is 7.39. The molecule has 0 aromatic heterocycles. The molecule has 1 amide bonds. The Labute approximate surface area is 256 Å². The fourth-order valence-electron chi connectivity index (χ4n) is 5.29. The molecule has 0 spiro atoms. The third-order valence-corrected chi connectivity index (χ3v) is 8.04. The van der Waals surface area contributed by atoms with Gasteiger partial charge in [-0.2, -0.15) is 26.3 Å². The number of nitrogens with one attached hydrogen (secondary N) is 2. The van der Waals surface area contributed by atoms with Crippen molar-refractivity contribution in [3.63, 3.8) is 0 Å². The highest BCUT2D eigenvalue weighted by Crippen LogP contribution is 2.40. The minimum atomic E-state index is -4.97. The molecule has 238 valence electrons. The molecule has 3 atom stereocenters. The summed E-state index contributed by atoms with van der Waals surface area (Å²) >= 11 is 5.80. The molecule has 0 aliphatic carbocycles. The lowest BCUT2D eigenvalue weighted by Gasteiger charge is -2.48. The predicted molar refractivity (Wildman–Crippen MR) is 154 cm³/mol. The maximum Gasteiger partial charge on any atom is 0.416 e. The average Bonchev–Trinajstić information content (AvgIpc) is 3.00. The Balaban J connectivity index is 1.55. The lowest BCUT2D eigenvalue weighted by Crippen LogP contribution is -2.66. The summed E-state index contributed by atoms with van der Waals surface area (Å²) in [6, 6.07) is 20.2. The van der Waals surface area contributed by atoms with Crippen LogP contribution in [0.4, 0.5) is 26.3 Å². The van der Waals surface area contributed by atoms with Crippen LogP contribution >= 0.6 is 11.6 Å². The molecule has 0 unspecified atom stereocenters. The first-order chi connectivity index (χ1) is 20.8. The van der Waals surface area contributed by atoms with Gasteiger partial charge in [-0.25, -0.2) is 0 Å². The van der Waals surface area contributed by atoms with E-state index in [0.717, 1.165) is 11.1 Å². The van der Waals surface area contributed by atoms with Crippen molar-refractivity contribution in [2.24, 2.45) is 0 Å². The van der Waals surface area contributed by atoms with Gasteiger partial charge in [0.15, 0.2) is 0 Å². The summed E-state index contributed by atoms with van der Waals surface area (Å²) < 4.78 is 92.8. The maximum atomic E-state index is 13.5. The number of carbonyl (C=O) groups excluding carboxylic acids is 1. The number of halogens is 7. The molecule has 3 aromatic rings. The van der Waals surface area contributed by atoms with E-state index in [1.54, 1.807) is 0 Å². The van der Waals surface area contributed by atoms with Crippen LogP contribution in [0.25, 0.3) is 0 Å². The minimum absolute atomic E-state index is 0.0693. The fourth-order valence-corrected chi connectivity index (χ4v) is 5.36. The van der Waals surface area contributed by atoms with E-state index in [2.05, 4.69) is 10.6 Å². The minimum Gasteiger partial charge on any atom is -0.374 e. The van der Waals surface area contributed by atoms with Gasteiger partial charge in [0.2, 0.25) is 5.91 Å². The Hall–Kier alpha value is -3.12. The molecule has 5 nitrogen and oxygen atoms in total.